The molecule has 0 bridgehead atoms. The van der Waals surface area contributed by atoms with Crippen LogP contribution in [0.2, 0.25) is 0 Å². The maximum atomic E-state index is 11.3. The summed E-state index contributed by atoms with van der Waals surface area (Å²) in [5.41, 5.74) is 6.35. The Morgan fingerprint density at radius 3 is 2.93 bits per heavy atom. The minimum atomic E-state index is 0.00643. The Morgan fingerprint density at radius 1 is 1.43 bits per heavy atom. The fourth-order valence-corrected chi connectivity index (χ4v) is 1.17. The molecule has 0 radical (unpaired) electrons. The Kier molecular flexibility index (Phi) is 4.35. The highest BCUT2D eigenvalue weighted by atomic mass is 16.5. The molecule has 0 aromatic carbocycles. The van der Waals surface area contributed by atoms with Gasteiger partial charge in [-0.3, -0.25) is 4.79 Å². The molecule has 0 atom stereocenters. The lowest BCUT2D eigenvalue weighted by atomic mass is 10.3. The SMILES string of the molecule is Cc1ccc(=O)n(CCOCCN)c1. The minimum absolute atomic E-state index is 0.00643. The van der Waals surface area contributed by atoms with Crippen LogP contribution in [0.4, 0.5) is 0 Å². The third kappa shape index (κ3) is 3.32. The summed E-state index contributed by atoms with van der Waals surface area (Å²) >= 11 is 0. The van der Waals surface area contributed by atoms with Crippen LogP contribution in [0.1, 0.15) is 5.56 Å². The first-order chi connectivity index (χ1) is 6.74. The quantitative estimate of drug-likeness (QED) is 0.681. The van der Waals surface area contributed by atoms with Crippen LogP contribution >= 0.6 is 0 Å². The molecule has 1 heterocycles. The molecule has 1 aromatic heterocycles. The molecule has 1 aromatic rings. The second kappa shape index (κ2) is 5.57. The Labute approximate surface area is 83.3 Å². The van der Waals surface area contributed by atoms with E-state index in [0.29, 0.717) is 26.3 Å². The highest BCUT2D eigenvalue weighted by Gasteiger charge is 1.95. The average molecular weight is 196 g/mol. The zero-order valence-electron chi connectivity index (χ0n) is 8.40. The molecule has 1 rings (SSSR count). The van der Waals surface area contributed by atoms with Crippen LogP contribution in [-0.4, -0.2) is 24.3 Å². The van der Waals surface area contributed by atoms with Gasteiger partial charge in [0.25, 0.3) is 5.56 Å². The van der Waals surface area contributed by atoms with Gasteiger partial charge in [0.15, 0.2) is 0 Å². The average Bonchev–Trinajstić information content (AvgIpc) is 2.18. The molecule has 0 fully saturated rings. The molecule has 2 N–H and O–H groups in total. The van der Waals surface area contributed by atoms with Crippen LogP contribution in [0.15, 0.2) is 23.1 Å². The Morgan fingerprint density at radius 2 is 2.21 bits per heavy atom. The summed E-state index contributed by atoms with van der Waals surface area (Å²) in [6.45, 7) is 4.13. The van der Waals surface area contributed by atoms with Crippen molar-refractivity contribution in [3.05, 3.63) is 34.2 Å². The number of pyridine rings is 1. The van der Waals surface area contributed by atoms with E-state index in [-0.39, 0.29) is 5.56 Å². The van der Waals surface area contributed by atoms with Crippen molar-refractivity contribution >= 4 is 0 Å². The maximum Gasteiger partial charge on any atom is 0.250 e. The molecule has 0 amide bonds. The van der Waals surface area contributed by atoms with Crippen LogP contribution in [-0.2, 0) is 11.3 Å². The first-order valence-corrected chi connectivity index (χ1v) is 4.69. The highest BCUT2D eigenvalue weighted by molar-refractivity contribution is 5.06. The van der Waals surface area contributed by atoms with Gasteiger partial charge in [-0.05, 0) is 12.5 Å². The van der Waals surface area contributed by atoms with E-state index in [0.717, 1.165) is 5.56 Å². The van der Waals surface area contributed by atoms with Gasteiger partial charge in [-0.15, -0.1) is 0 Å². The molecule has 4 heteroatoms. The second-order valence-corrected chi connectivity index (χ2v) is 3.14. The van der Waals surface area contributed by atoms with Crippen molar-refractivity contribution in [2.24, 2.45) is 5.73 Å². The van der Waals surface area contributed by atoms with E-state index in [1.54, 1.807) is 16.7 Å². The van der Waals surface area contributed by atoms with Crippen molar-refractivity contribution in [3.63, 3.8) is 0 Å². The monoisotopic (exact) mass is 196 g/mol. The number of nitrogens with two attached hydrogens (primary N) is 1. The van der Waals surface area contributed by atoms with Crippen LogP contribution in [0.3, 0.4) is 0 Å². The van der Waals surface area contributed by atoms with E-state index >= 15 is 0 Å². The van der Waals surface area contributed by atoms with Crippen molar-refractivity contribution < 1.29 is 4.74 Å². The summed E-state index contributed by atoms with van der Waals surface area (Å²) in [6.07, 6.45) is 1.83. The number of nitrogens with zero attached hydrogens (tertiary/aromatic N) is 1. The standard InChI is InChI=1S/C10H16N2O2/c1-9-2-3-10(13)12(8-9)5-7-14-6-4-11/h2-3,8H,4-7,11H2,1H3. The third-order valence-corrected chi connectivity index (χ3v) is 1.87. The van der Waals surface area contributed by atoms with E-state index < -0.39 is 0 Å². The Hall–Kier alpha value is -1.13. The van der Waals surface area contributed by atoms with E-state index in [1.807, 2.05) is 13.1 Å². The van der Waals surface area contributed by atoms with Gasteiger partial charge < -0.3 is 15.0 Å². The number of hydrogen-bond acceptors (Lipinski definition) is 3. The van der Waals surface area contributed by atoms with E-state index in [4.69, 9.17) is 10.5 Å². The molecule has 4 nitrogen and oxygen atoms in total. The lowest BCUT2D eigenvalue weighted by Crippen LogP contribution is -2.22. The number of hydrogen-bond donors (Lipinski definition) is 1. The molecule has 78 valence electrons. The Balaban J connectivity index is 2.49. The number of aromatic nitrogens is 1. The summed E-state index contributed by atoms with van der Waals surface area (Å²) in [5, 5.41) is 0. The summed E-state index contributed by atoms with van der Waals surface area (Å²) < 4.78 is 6.84. The first kappa shape index (κ1) is 10.9. The zero-order chi connectivity index (χ0) is 10.4. The predicted molar refractivity (Wildman–Crippen MR) is 55.3 cm³/mol. The van der Waals surface area contributed by atoms with Gasteiger partial charge in [-0.2, -0.15) is 0 Å². The van der Waals surface area contributed by atoms with E-state index in [9.17, 15) is 4.79 Å². The van der Waals surface area contributed by atoms with Crippen molar-refractivity contribution in [3.8, 4) is 0 Å². The van der Waals surface area contributed by atoms with Crippen LogP contribution in [0.25, 0.3) is 0 Å². The summed E-state index contributed by atoms with van der Waals surface area (Å²) in [4.78, 5) is 11.3. The fourth-order valence-electron chi connectivity index (χ4n) is 1.17. The molecule has 0 aliphatic heterocycles. The van der Waals surface area contributed by atoms with Gasteiger partial charge in [0.1, 0.15) is 0 Å². The predicted octanol–water partition coefficient (Wildman–Crippen LogP) is 0.132. The molecule has 0 spiro atoms. The molecule has 0 saturated heterocycles. The maximum absolute atomic E-state index is 11.3. The van der Waals surface area contributed by atoms with Gasteiger partial charge in [0.2, 0.25) is 0 Å². The number of rotatable bonds is 5. The molecule has 0 unspecified atom stereocenters. The van der Waals surface area contributed by atoms with Crippen molar-refractivity contribution in [1.82, 2.24) is 4.57 Å². The van der Waals surface area contributed by atoms with Crippen molar-refractivity contribution in [2.45, 2.75) is 13.5 Å². The molecule has 0 saturated carbocycles. The van der Waals surface area contributed by atoms with Crippen LogP contribution in [0.5, 0.6) is 0 Å². The second-order valence-electron chi connectivity index (χ2n) is 3.14. The van der Waals surface area contributed by atoms with Crippen molar-refractivity contribution in [1.29, 1.82) is 0 Å². The third-order valence-electron chi connectivity index (χ3n) is 1.87. The summed E-state index contributed by atoms with van der Waals surface area (Å²) in [6, 6.07) is 3.37. The minimum Gasteiger partial charge on any atom is -0.378 e. The van der Waals surface area contributed by atoms with Crippen LogP contribution < -0.4 is 11.3 Å². The van der Waals surface area contributed by atoms with Crippen molar-refractivity contribution in [2.75, 3.05) is 19.8 Å². The highest BCUT2D eigenvalue weighted by Crippen LogP contribution is 1.91. The number of ether oxygens (including phenoxy) is 1. The van der Waals surface area contributed by atoms with E-state index in [1.165, 1.54) is 0 Å². The smallest absolute Gasteiger partial charge is 0.250 e. The largest absolute Gasteiger partial charge is 0.378 e. The van der Waals surface area contributed by atoms with E-state index in [2.05, 4.69) is 0 Å². The lowest BCUT2D eigenvalue weighted by molar-refractivity contribution is 0.132. The Bertz CT molecular complexity index is 333. The number of aryl methyl sites for hydroxylation is 1. The fraction of sp³-hybridized carbons (Fsp3) is 0.500. The molecule has 0 aliphatic rings. The normalized spacial score (nSPS) is 10.4. The van der Waals surface area contributed by atoms with Crippen LogP contribution in [0, 0.1) is 6.92 Å². The summed E-state index contributed by atoms with van der Waals surface area (Å²) in [5.74, 6) is 0. The molecular weight excluding hydrogens is 180 g/mol. The van der Waals surface area contributed by atoms with Gasteiger partial charge >= 0.3 is 0 Å². The molecular formula is C10H16N2O2. The lowest BCUT2D eigenvalue weighted by Gasteiger charge is -2.06. The van der Waals surface area contributed by atoms with Gasteiger partial charge in [-0.25, -0.2) is 0 Å². The van der Waals surface area contributed by atoms with Gasteiger partial charge in [0, 0.05) is 25.4 Å². The zero-order valence-corrected chi connectivity index (χ0v) is 8.40. The molecule has 14 heavy (non-hydrogen) atoms. The topological polar surface area (TPSA) is 57.2 Å². The van der Waals surface area contributed by atoms with Gasteiger partial charge in [-0.1, -0.05) is 6.07 Å². The molecule has 0 aliphatic carbocycles. The first-order valence-electron chi connectivity index (χ1n) is 4.69. The summed E-state index contributed by atoms with van der Waals surface area (Å²) in [7, 11) is 0. The van der Waals surface area contributed by atoms with Gasteiger partial charge in [0.05, 0.1) is 13.2 Å².